The molecule has 1 aliphatic rings. The van der Waals surface area contributed by atoms with E-state index in [9.17, 15) is 14.4 Å². The Labute approximate surface area is 143 Å². The summed E-state index contributed by atoms with van der Waals surface area (Å²) in [5, 5.41) is 2.11. The summed E-state index contributed by atoms with van der Waals surface area (Å²) in [5.41, 5.74) is 0.0990. The summed E-state index contributed by atoms with van der Waals surface area (Å²) >= 11 is 6.10. The number of rotatable bonds is 3. The Bertz CT molecular complexity index is 661. The third-order valence-electron chi connectivity index (χ3n) is 3.10. The monoisotopic (exact) mass is 357 g/mol. The fourth-order valence-corrected chi connectivity index (χ4v) is 2.15. The van der Waals surface area contributed by atoms with Crippen molar-refractivity contribution >= 4 is 29.6 Å². The minimum atomic E-state index is -1.20. The number of carbonyl (C=O) groups is 3. The predicted molar refractivity (Wildman–Crippen MR) is 82.5 cm³/mol. The molecule has 0 bridgehead atoms. The van der Waals surface area contributed by atoms with Gasteiger partial charge in [-0.1, -0.05) is 11.6 Å². The lowest BCUT2D eigenvalue weighted by Crippen LogP contribution is -2.39. The first kappa shape index (κ1) is 17.9. The Hall–Kier alpha value is -2.48. The first-order valence-corrected chi connectivity index (χ1v) is 7.49. The van der Waals surface area contributed by atoms with E-state index in [4.69, 9.17) is 25.8 Å². The van der Waals surface area contributed by atoms with Crippen molar-refractivity contribution in [3.8, 4) is 11.5 Å². The van der Waals surface area contributed by atoms with Gasteiger partial charge in [-0.05, 0) is 19.1 Å². The molecule has 0 radical (unpaired) electrons. The maximum Gasteiger partial charge on any atom is 0.413 e. The number of nitrogens with one attached hydrogen (secondary N) is 1. The molecule has 0 aliphatic carbocycles. The standard InChI is InChI=1S/C15H16ClNO7/c1-8(13(18)17-15(20)21-2)24-14(19)9-6-10(16)12-11(7-9)22-4-3-5-23-12/h6-8H,3-5H2,1-2H3,(H,17,18,20)/t8-/m0/s1. The number of esters is 1. The highest BCUT2D eigenvalue weighted by Gasteiger charge is 2.23. The van der Waals surface area contributed by atoms with Crippen molar-refractivity contribution in [2.24, 2.45) is 0 Å². The van der Waals surface area contributed by atoms with Gasteiger partial charge in [-0.2, -0.15) is 0 Å². The summed E-state index contributed by atoms with van der Waals surface area (Å²) in [7, 11) is 1.11. The van der Waals surface area contributed by atoms with E-state index in [2.05, 4.69) is 4.74 Å². The quantitative estimate of drug-likeness (QED) is 0.825. The number of hydrogen-bond acceptors (Lipinski definition) is 7. The van der Waals surface area contributed by atoms with Gasteiger partial charge in [0.15, 0.2) is 17.6 Å². The molecule has 130 valence electrons. The van der Waals surface area contributed by atoms with Gasteiger partial charge < -0.3 is 18.9 Å². The van der Waals surface area contributed by atoms with Gasteiger partial charge >= 0.3 is 12.1 Å². The molecule has 1 aliphatic heterocycles. The van der Waals surface area contributed by atoms with Gasteiger partial charge in [-0.25, -0.2) is 9.59 Å². The lowest BCUT2D eigenvalue weighted by molar-refractivity contribution is -0.128. The minimum absolute atomic E-state index is 0.0990. The van der Waals surface area contributed by atoms with Crippen LogP contribution in [0, 0.1) is 0 Å². The maximum absolute atomic E-state index is 12.2. The van der Waals surface area contributed by atoms with Crippen LogP contribution in [0.4, 0.5) is 4.79 Å². The van der Waals surface area contributed by atoms with E-state index < -0.39 is 24.1 Å². The van der Waals surface area contributed by atoms with E-state index in [-0.39, 0.29) is 10.6 Å². The normalized spacial score (nSPS) is 14.1. The molecular formula is C15H16ClNO7. The van der Waals surface area contributed by atoms with Crippen LogP contribution in [0.15, 0.2) is 12.1 Å². The van der Waals surface area contributed by atoms with Crippen LogP contribution in [-0.4, -0.2) is 44.4 Å². The van der Waals surface area contributed by atoms with Crippen molar-refractivity contribution in [3.05, 3.63) is 22.7 Å². The van der Waals surface area contributed by atoms with E-state index in [1.807, 2.05) is 5.32 Å². The molecular weight excluding hydrogens is 342 g/mol. The van der Waals surface area contributed by atoms with Gasteiger partial charge in [0, 0.05) is 6.42 Å². The summed E-state index contributed by atoms with van der Waals surface area (Å²) in [6, 6.07) is 2.79. The second-order valence-electron chi connectivity index (χ2n) is 4.86. The molecule has 2 rings (SSSR count). The minimum Gasteiger partial charge on any atom is -0.489 e. The van der Waals surface area contributed by atoms with Crippen LogP contribution in [0.5, 0.6) is 11.5 Å². The molecule has 1 N–H and O–H groups in total. The lowest BCUT2D eigenvalue weighted by Gasteiger charge is -2.14. The van der Waals surface area contributed by atoms with E-state index in [1.54, 1.807) is 0 Å². The van der Waals surface area contributed by atoms with E-state index in [0.717, 1.165) is 7.11 Å². The average Bonchev–Trinajstić information content (AvgIpc) is 2.80. The van der Waals surface area contributed by atoms with Crippen molar-refractivity contribution in [1.82, 2.24) is 5.32 Å². The molecule has 0 fully saturated rings. The van der Waals surface area contributed by atoms with Gasteiger partial charge in [0.25, 0.3) is 5.91 Å². The van der Waals surface area contributed by atoms with E-state index in [0.29, 0.717) is 31.1 Å². The van der Waals surface area contributed by atoms with Crippen LogP contribution in [0.3, 0.4) is 0 Å². The number of alkyl carbamates (subject to hydrolysis) is 1. The molecule has 1 heterocycles. The SMILES string of the molecule is COC(=O)NC(=O)[C@H](C)OC(=O)c1cc(Cl)c2c(c1)OCCCO2. The number of hydrogen-bond donors (Lipinski definition) is 1. The number of benzene rings is 1. The van der Waals surface area contributed by atoms with Crippen LogP contribution in [0.1, 0.15) is 23.7 Å². The fraction of sp³-hybridized carbons (Fsp3) is 0.400. The largest absolute Gasteiger partial charge is 0.489 e. The highest BCUT2D eigenvalue weighted by Crippen LogP contribution is 2.38. The summed E-state index contributed by atoms with van der Waals surface area (Å²) < 4.78 is 20.2. The zero-order valence-corrected chi connectivity index (χ0v) is 13.8. The van der Waals surface area contributed by atoms with Gasteiger partial charge in [0.1, 0.15) is 0 Å². The Kier molecular flexibility index (Phi) is 5.86. The topological polar surface area (TPSA) is 100 Å². The molecule has 9 heteroatoms. The molecule has 1 aromatic carbocycles. The number of methoxy groups -OCH3 is 1. The van der Waals surface area contributed by atoms with Crippen molar-refractivity contribution in [2.45, 2.75) is 19.4 Å². The van der Waals surface area contributed by atoms with Gasteiger partial charge in [0.05, 0.1) is 30.9 Å². The highest BCUT2D eigenvalue weighted by molar-refractivity contribution is 6.32. The zero-order valence-electron chi connectivity index (χ0n) is 13.1. The van der Waals surface area contributed by atoms with Crippen molar-refractivity contribution in [3.63, 3.8) is 0 Å². The Morgan fingerprint density at radius 1 is 1.25 bits per heavy atom. The first-order valence-electron chi connectivity index (χ1n) is 7.11. The number of ether oxygens (including phenoxy) is 4. The van der Waals surface area contributed by atoms with E-state index in [1.165, 1.54) is 19.1 Å². The molecule has 0 saturated carbocycles. The summed E-state index contributed by atoms with van der Waals surface area (Å²) in [5.74, 6) is -0.906. The zero-order chi connectivity index (χ0) is 17.7. The summed E-state index contributed by atoms with van der Waals surface area (Å²) in [6.07, 6.45) is -1.46. The van der Waals surface area contributed by atoms with Gasteiger partial charge in [-0.15, -0.1) is 0 Å². The number of carbonyl (C=O) groups excluding carboxylic acids is 3. The van der Waals surface area contributed by atoms with Crippen molar-refractivity contribution in [2.75, 3.05) is 20.3 Å². The first-order chi connectivity index (χ1) is 11.4. The molecule has 0 spiro atoms. The maximum atomic E-state index is 12.2. The number of imide groups is 1. The molecule has 1 aromatic rings. The van der Waals surface area contributed by atoms with Crippen LogP contribution in [0.25, 0.3) is 0 Å². The number of halogens is 1. The molecule has 8 nitrogen and oxygen atoms in total. The van der Waals surface area contributed by atoms with Gasteiger partial charge in [-0.3, -0.25) is 10.1 Å². The smallest absolute Gasteiger partial charge is 0.413 e. The Balaban J connectivity index is 2.09. The van der Waals surface area contributed by atoms with Crippen LogP contribution in [-0.2, 0) is 14.3 Å². The van der Waals surface area contributed by atoms with Gasteiger partial charge in [0.2, 0.25) is 0 Å². The second kappa shape index (κ2) is 7.87. The Morgan fingerprint density at radius 3 is 2.67 bits per heavy atom. The number of fused-ring (bicyclic) bond motifs is 1. The van der Waals surface area contributed by atoms with Crippen LogP contribution in [0.2, 0.25) is 5.02 Å². The van der Waals surface area contributed by atoms with Crippen molar-refractivity contribution in [1.29, 1.82) is 0 Å². The predicted octanol–water partition coefficient (Wildman–Crippen LogP) is 1.93. The highest BCUT2D eigenvalue weighted by atomic mass is 35.5. The molecule has 0 saturated heterocycles. The Morgan fingerprint density at radius 2 is 1.96 bits per heavy atom. The second-order valence-corrected chi connectivity index (χ2v) is 5.27. The summed E-state index contributed by atoms with van der Waals surface area (Å²) in [6.45, 7) is 2.21. The molecule has 2 amide bonds. The third kappa shape index (κ3) is 4.29. The molecule has 0 aromatic heterocycles. The third-order valence-corrected chi connectivity index (χ3v) is 3.38. The van der Waals surface area contributed by atoms with Crippen molar-refractivity contribution < 1.29 is 33.3 Å². The molecule has 1 atom stereocenters. The van der Waals surface area contributed by atoms with Crippen LogP contribution < -0.4 is 14.8 Å². The fourth-order valence-electron chi connectivity index (χ4n) is 1.88. The lowest BCUT2D eigenvalue weighted by atomic mass is 10.2. The average molecular weight is 358 g/mol. The van der Waals surface area contributed by atoms with E-state index >= 15 is 0 Å². The number of amides is 2. The van der Waals surface area contributed by atoms with Crippen LogP contribution >= 0.6 is 11.6 Å². The molecule has 24 heavy (non-hydrogen) atoms. The summed E-state index contributed by atoms with van der Waals surface area (Å²) in [4.78, 5) is 34.8. The molecule has 0 unspecified atom stereocenters.